The van der Waals surface area contributed by atoms with Gasteiger partial charge in [0.15, 0.2) is 16.6 Å². The number of hydrogen-bond donors (Lipinski definition) is 0. The van der Waals surface area contributed by atoms with E-state index in [0.717, 1.165) is 17.8 Å². The number of likely N-dealkylation sites (N-methyl/N-ethyl adjacent to an activating group) is 1. The van der Waals surface area contributed by atoms with Crippen LogP contribution in [0.3, 0.4) is 0 Å². The number of benzene rings is 2. The van der Waals surface area contributed by atoms with Crippen LogP contribution in [0.25, 0.3) is 10.2 Å². The molecule has 1 amide bonds. The number of nitrogens with zero attached hydrogens (tertiary/aromatic N) is 4. The molecule has 0 spiro atoms. The van der Waals surface area contributed by atoms with Crippen molar-refractivity contribution in [2.45, 2.75) is 13.8 Å². The molecule has 0 unspecified atom stereocenters. The number of carbonyl (C=O) groups is 1. The van der Waals surface area contributed by atoms with Gasteiger partial charge in [0.2, 0.25) is 0 Å². The SMILES string of the molecule is CCN(CC)CCN(C(=O)c1cc(Cl)ccc1[N+](=O)[O-])c1nc2cc3c(cc2s1)OCCO3. The summed E-state index contributed by atoms with van der Waals surface area (Å²) in [5.74, 6) is 0.722. The molecule has 1 aliphatic rings. The van der Waals surface area contributed by atoms with Gasteiger partial charge < -0.3 is 14.4 Å². The molecule has 0 bridgehead atoms. The number of amides is 1. The molecule has 0 saturated carbocycles. The number of hydrogen-bond acceptors (Lipinski definition) is 8. The Kier molecular flexibility index (Phi) is 6.96. The summed E-state index contributed by atoms with van der Waals surface area (Å²) in [6.07, 6.45) is 0. The van der Waals surface area contributed by atoms with E-state index in [9.17, 15) is 14.9 Å². The van der Waals surface area contributed by atoms with Crippen molar-refractivity contribution in [3.05, 3.63) is 51.0 Å². The molecule has 2 aromatic carbocycles. The number of ether oxygens (including phenoxy) is 2. The van der Waals surface area contributed by atoms with Crippen LogP contribution in [-0.2, 0) is 0 Å². The normalized spacial score (nSPS) is 12.8. The van der Waals surface area contributed by atoms with E-state index in [1.54, 1.807) is 6.07 Å². The van der Waals surface area contributed by atoms with Crippen LogP contribution in [-0.4, -0.2) is 60.1 Å². The topological polar surface area (TPSA) is 98.0 Å². The molecule has 0 aliphatic carbocycles. The minimum absolute atomic E-state index is 0.0720. The third kappa shape index (κ3) is 4.87. The van der Waals surface area contributed by atoms with Crippen LogP contribution in [0.4, 0.5) is 10.8 Å². The molecular weight excluding hydrogens is 468 g/mol. The van der Waals surface area contributed by atoms with Gasteiger partial charge >= 0.3 is 0 Å². The summed E-state index contributed by atoms with van der Waals surface area (Å²) in [5.41, 5.74) is 0.299. The number of nitro benzene ring substituents is 1. The first-order valence-corrected chi connectivity index (χ1v) is 11.8. The highest BCUT2D eigenvalue weighted by molar-refractivity contribution is 7.22. The molecule has 0 saturated heterocycles. The molecule has 11 heteroatoms. The standard InChI is InChI=1S/C22H23ClN4O5S/c1-3-25(4-2)7-8-26(21(28)15-11-14(23)5-6-17(15)27(29)30)22-24-16-12-18-19(13-20(16)33-22)32-10-9-31-18/h5-6,11-13H,3-4,7-10H2,1-2H3. The van der Waals surface area contributed by atoms with Gasteiger partial charge in [0.05, 0.1) is 15.1 Å². The fourth-order valence-corrected chi connectivity index (χ4v) is 4.79. The molecule has 1 aliphatic heterocycles. The van der Waals surface area contributed by atoms with Crippen molar-refractivity contribution in [3.63, 3.8) is 0 Å². The average molecular weight is 491 g/mol. The smallest absolute Gasteiger partial charge is 0.282 e. The highest BCUT2D eigenvalue weighted by Gasteiger charge is 2.29. The molecule has 0 atom stereocenters. The highest BCUT2D eigenvalue weighted by Crippen LogP contribution is 2.39. The molecule has 2 heterocycles. The zero-order valence-corrected chi connectivity index (χ0v) is 19.8. The zero-order valence-electron chi connectivity index (χ0n) is 18.2. The van der Waals surface area contributed by atoms with Crippen molar-refractivity contribution in [3.8, 4) is 11.5 Å². The molecule has 33 heavy (non-hydrogen) atoms. The maximum atomic E-state index is 13.6. The van der Waals surface area contributed by atoms with Crippen LogP contribution < -0.4 is 14.4 Å². The van der Waals surface area contributed by atoms with E-state index in [1.807, 2.05) is 19.9 Å². The lowest BCUT2D eigenvalue weighted by Crippen LogP contribution is -2.39. The summed E-state index contributed by atoms with van der Waals surface area (Å²) in [5, 5.41) is 12.3. The Hall–Kier alpha value is -2.95. The first-order chi connectivity index (χ1) is 15.9. The summed E-state index contributed by atoms with van der Waals surface area (Å²) in [6, 6.07) is 7.62. The van der Waals surface area contributed by atoms with Crippen molar-refractivity contribution >= 4 is 49.9 Å². The van der Waals surface area contributed by atoms with Gasteiger partial charge in [-0.1, -0.05) is 36.8 Å². The van der Waals surface area contributed by atoms with Crippen LogP contribution in [0, 0.1) is 10.1 Å². The highest BCUT2D eigenvalue weighted by atomic mass is 35.5. The second kappa shape index (κ2) is 9.90. The van der Waals surface area contributed by atoms with Gasteiger partial charge in [-0.3, -0.25) is 19.8 Å². The van der Waals surface area contributed by atoms with E-state index in [1.165, 1.54) is 34.4 Å². The monoisotopic (exact) mass is 490 g/mol. The largest absolute Gasteiger partial charge is 0.486 e. The molecule has 0 N–H and O–H groups in total. The van der Waals surface area contributed by atoms with Crippen molar-refractivity contribution < 1.29 is 19.2 Å². The summed E-state index contributed by atoms with van der Waals surface area (Å²) in [6.45, 7) is 7.55. The predicted molar refractivity (Wildman–Crippen MR) is 128 cm³/mol. The van der Waals surface area contributed by atoms with E-state index in [4.69, 9.17) is 21.1 Å². The maximum absolute atomic E-state index is 13.6. The van der Waals surface area contributed by atoms with Gasteiger partial charge in [-0.2, -0.15) is 0 Å². The van der Waals surface area contributed by atoms with E-state index in [0.29, 0.717) is 48.5 Å². The number of nitro groups is 1. The zero-order chi connectivity index (χ0) is 23.5. The lowest BCUT2D eigenvalue weighted by atomic mass is 10.1. The van der Waals surface area contributed by atoms with Crippen LogP contribution >= 0.6 is 22.9 Å². The number of carbonyl (C=O) groups excluding carboxylic acids is 1. The Balaban J connectivity index is 1.76. The first kappa shape index (κ1) is 23.2. The fourth-order valence-electron chi connectivity index (χ4n) is 3.62. The number of aromatic nitrogens is 1. The van der Waals surface area contributed by atoms with Gasteiger partial charge in [0, 0.05) is 36.3 Å². The van der Waals surface area contributed by atoms with Crippen LogP contribution in [0.15, 0.2) is 30.3 Å². The van der Waals surface area contributed by atoms with E-state index in [-0.39, 0.29) is 16.3 Å². The molecule has 9 nitrogen and oxygen atoms in total. The number of fused-ring (bicyclic) bond motifs is 2. The van der Waals surface area contributed by atoms with Gasteiger partial charge in [-0.15, -0.1) is 0 Å². The second-order valence-corrected chi connectivity index (χ2v) is 8.81. The minimum atomic E-state index is -0.576. The van der Waals surface area contributed by atoms with Crippen LogP contribution in [0.1, 0.15) is 24.2 Å². The second-order valence-electron chi connectivity index (χ2n) is 7.36. The van der Waals surface area contributed by atoms with Gasteiger partial charge in [0.1, 0.15) is 18.8 Å². The van der Waals surface area contributed by atoms with E-state index in [2.05, 4.69) is 9.88 Å². The Morgan fingerprint density at radius 3 is 2.52 bits per heavy atom. The first-order valence-electron chi connectivity index (χ1n) is 10.6. The lowest BCUT2D eigenvalue weighted by molar-refractivity contribution is -0.385. The predicted octanol–water partition coefficient (Wildman–Crippen LogP) is 4.62. The quantitative estimate of drug-likeness (QED) is 0.335. The molecule has 1 aromatic heterocycles. The number of rotatable bonds is 8. The van der Waals surface area contributed by atoms with Crippen molar-refractivity contribution in [1.82, 2.24) is 9.88 Å². The van der Waals surface area contributed by atoms with E-state index < -0.39 is 10.8 Å². The van der Waals surface area contributed by atoms with Crippen LogP contribution in [0.5, 0.6) is 11.5 Å². The van der Waals surface area contributed by atoms with Gasteiger partial charge in [-0.25, -0.2) is 4.98 Å². The Bertz CT molecular complexity index is 1150. The van der Waals surface area contributed by atoms with Crippen molar-refractivity contribution in [2.75, 3.05) is 44.3 Å². The number of halogens is 1. The van der Waals surface area contributed by atoms with Crippen molar-refractivity contribution in [2.24, 2.45) is 0 Å². The third-order valence-corrected chi connectivity index (χ3v) is 6.71. The molecule has 0 fully saturated rings. The summed E-state index contributed by atoms with van der Waals surface area (Å²) in [4.78, 5) is 32.9. The van der Waals surface area contributed by atoms with E-state index >= 15 is 0 Å². The van der Waals surface area contributed by atoms with Gasteiger partial charge in [-0.05, 0) is 25.2 Å². The molecule has 3 aromatic rings. The Labute approximate surface area is 199 Å². The fraction of sp³-hybridized carbons (Fsp3) is 0.364. The lowest BCUT2D eigenvalue weighted by Gasteiger charge is -2.24. The number of thiazole rings is 1. The van der Waals surface area contributed by atoms with Crippen molar-refractivity contribution in [1.29, 1.82) is 0 Å². The summed E-state index contributed by atoms with van der Waals surface area (Å²) < 4.78 is 12.1. The van der Waals surface area contributed by atoms with Gasteiger partial charge in [0.25, 0.3) is 11.6 Å². The molecular formula is C22H23ClN4O5S. The minimum Gasteiger partial charge on any atom is -0.486 e. The average Bonchev–Trinajstić information content (AvgIpc) is 3.22. The maximum Gasteiger partial charge on any atom is 0.282 e. The number of anilines is 1. The summed E-state index contributed by atoms with van der Waals surface area (Å²) in [7, 11) is 0. The Morgan fingerprint density at radius 1 is 1.15 bits per heavy atom. The molecule has 4 rings (SSSR count). The van der Waals surface area contributed by atoms with Crippen LogP contribution in [0.2, 0.25) is 5.02 Å². The Morgan fingerprint density at radius 2 is 1.85 bits per heavy atom. The third-order valence-electron chi connectivity index (χ3n) is 5.44. The molecule has 174 valence electrons. The molecule has 0 radical (unpaired) electrons. The summed E-state index contributed by atoms with van der Waals surface area (Å²) >= 11 is 7.41.